The predicted molar refractivity (Wildman–Crippen MR) is 111 cm³/mol. The zero-order chi connectivity index (χ0) is 21.4. The van der Waals surface area contributed by atoms with E-state index in [2.05, 4.69) is 5.32 Å². The molecule has 0 bridgehead atoms. The lowest BCUT2D eigenvalue weighted by Crippen LogP contribution is -2.38. The quantitative estimate of drug-likeness (QED) is 0.435. The van der Waals surface area contributed by atoms with Crippen molar-refractivity contribution in [2.45, 2.75) is 6.04 Å². The molecule has 1 atom stereocenters. The van der Waals surface area contributed by atoms with Gasteiger partial charge in [0, 0.05) is 11.3 Å². The SMILES string of the molecule is COc1cc(/C=C\c2ccc(C=O)cc2NC(=O)C(N)CO)cc(OC)c1OC. The highest BCUT2D eigenvalue weighted by molar-refractivity contribution is 5.98. The Morgan fingerprint density at radius 1 is 1.07 bits per heavy atom. The summed E-state index contributed by atoms with van der Waals surface area (Å²) in [6.07, 6.45) is 4.23. The van der Waals surface area contributed by atoms with E-state index in [0.717, 1.165) is 5.56 Å². The second kappa shape index (κ2) is 10.3. The first-order valence-corrected chi connectivity index (χ1v) is 8.72. The second-order valence-electron chi connectivity index (χ2n) is 6.03. The number of amides is 1. The summed E-state index contributed by atoms with van der Waals surface area (Å²) < 4.78 is 16.0. The molecule has 154 valence electrons. The van der Waals surface area contributed by atoms with E-state index in [-0.39, 0.29) is 0 Å². The molecular formula is C21H24N2O6. The van der Waals surface area contributed by atoms with Gasteiger partial charge in [-0.3, -0.25) is 9.59 Å². The summed E-state index contributed by atoms with van der Waals surface area (Å²) in [6.45, 7) is -0.490. The van der Waals surface area contributed by atoms with Crippen molar-refractivity contribution >= 4 is 30.0 Å². The average Bonchev–Trinajstić information content (AvgIpc) is 2.76. The summed E-state index contributed by atoms with van der Waals surface area (Å²) in [6, 6.07) is 7.34. The minimum Gasteiger partial charge on any atom is -0.493 e. The van der Waals surface area contributed by atoms with E-state index in [9.17, 15) is 9.59 Å². The van der Waals surface area contributed by atoms with Gasteiger partial charge < -0.3 is 30.4 Å². The van der Waals surface area contributed by atoms with Gasteiger partial charge in [0.15, 0.2) is 11.5 Å². The lowest BCUT2D eigenvalue weighted by Gasteiger charge is -2.14. The Kier molecular flexibility index (Phi) is 7.76. The topological polar surface area (TPSA) is 120 Å². The van der Waals surface area contributed by atoms with E-state index in [1.807, 2.05) is 0 Å². The number of aliphatic hydroxyl groups is 1. The maximum absolute atomic E-state index is 12.1. The van der Waals surface area contributed by atoms with Crippen LogP contribution >= 0.6 is 0 Å². The Labute approximate surface area is 168 Å². The van der Waals surface area contributed by atoms with Gasteiger partial charge in [-0.1, -0.05) is 24.3 Å². The predicted octanol–water partition coefficient (Wildman–Crippen LogP) is 1.95. The molecule has 0 aliphatic heterocycles. The second-order valence-corrected chi connectivity index (χ2v) is 6.03. The highest BCUT2D eigenvalue weighted by Gasteiger charge is 2.15. The van der Waals surface area contributed by atoms with Gasteiger partial charge in [-0.25, -0.2) is 0 Å². The van der Waals surface area contributed by atoms with Crippen LogP contribution in [0.4, 0.5) is 5.69 Å². The molecule has 0 heterocycles. The Hall–Kier alpha value is -3.36. The monoisotopic (exact) mass is 400 g/mol. The van der Waals surface area contributed by atoms with Crippen LogP contribution in [-0.4, -0.2) is 51.3 Å². The van der Waals surface area contributed by atoms with Gasteiger partial charge in [0.1, 0.15) is 12.3 Å². The van der Waals surface area contributed by atoms with E-state index >= 15 is 0 Å². The molecule has 1 amide bonds. The summed E-state index contributed by atoms with van der Waals surface area (Å²) >= 11 is 0. The molecule has 0 fully saturated rings. The van der Waals surface area contributed by atoms with Crippen LogP contribution < -0.4 is 25.3 Å². The molecule has 2 aromatic carbocycles. The van der Waals surface area contributed by atoms with E-state index in [1.165, 1.54) is 27.4 Å². The van der Waals surface area contributed by atoms with Gasteiger partial charge in [-0.05, 0) is 29.3 Å². The summed E-state index contributed by atoms with van der Waals surface area (Å²) in [7, 11) is 4.58. The van der Waals surface area contributed by atoms with Crippen LogP contribution in [0.15, 0.2) is 30.3 Å². The van der Waals surface area contributed by atoms with Crippen LogP contribution in [0, 0.1) is 0 Å². The van der Waals surface area contributed by atoms with Crippen molar-refractivity contribution in [1.29, 1.82) is 0 Å². The molecule has 2 aromatic rings. The number of nitrogens with one attached hydrogen (secondary N) is 1. The third kappa shape index (κ3) is 5.34. The van der Waals surface area contributed by atoms with Crippen LogP contribution in [-0.2, 0) is 4.79 Å². The number of anilines is 1. The first-order chi connectivity index (χ1) is 14.0. The Morgan fingerprint density at radius 3 is 2.24 bits per heavy atom. The van der Waals surface area contributed by atoms with Crippen LogP contribution in [0.25, 0.3) is 12.2 Å². The molecule has 0 aromatic heterocycles. The number of methoxy groups -OCH3 is 3. The lowest BCUT2D eigenvalue weighted by atomic mass is 10.1. The number of carbonyl (C=O) groups is 2. The largest absolute Gasteiger partial charge is 0.493 e. The molecule has 1 unspecified atom stereocenters. The Bertz CT molecular complexity index is 885. The zero-order valence-electron chi connectivity index (χ0n) is 16.5. The molecule has 8 heteroatoms. The number of aliphatic hydroxyl groups excluding tert-OH is 1. The number of carbonyl (C=O) groups excluding carboxylic acids is 2. The smallest absolute Gasteiger partial charge is 0.243 e. The molecule has 0 aliphatic carbocycles. The van der Waals surface area contributed by atoms with Crippen LogP contribution in [0.3, 0.4) is 0 Å². The molecule has 2 rings (SSSR count). The molecule has 0 radical (unpaired) electrons. The maximum Gasteiger partial charge on any atom is 0.243 e. The fourth-order valence-corrected chi connectivity index (χ4v) is 2.59. The standard InChI is InChI=1S/C21H24N2O6/c1-27-18-9-13(10-19(28-2)20(18)29-3)4-6-15-7-5-14(11-24)8-17(15)23-21(26)16(22)12-25/h4-11,16,25H,12,22H2,1-3H3,(H,23,26)/b6-4-. The van der Waals surface area contributed by atoms with E-state index in [1.54, 1.807) is 36.4 Å². The average molecular weight is 400 g/mol. The number of hydrogen-bond donors (Lipinski definition) is 3. The fourth-order valence-electron chi connectivity index (χ4n) is 2.59. The number of benzene rings is 2. The van der Waals surface area contributed by atoms with E-state index < -0.39 is 18.6 Å². The lowest BCUT2D eigenvalue weighted by molar-refractivity contribution is -0.118. The fraction of sp³-hybridized carbons (Fsp3) is 0.238. The summed E-state index contributed by atoms with van der Waals surface area (Å²) in [4.78, 5) is 23.1. The van der Waals surface area contributed by atoms with Crippen molar-refractivity contribution in [3.63, 3.8) is 0 Å². The van der Waals surface area contributed by atoms with Crippen molar-refractivity contribution < 1.29 is 28.9 Å². The van der Waals surface area contributed by atoms with Gasteiger partial charge in [-0.15, -0.1) is 0 Å². The van der Waals surface area contributed by atoms with Crippen molar-refractivity contribution in [2.24, 2.45) is 5.73 Å². The molecule has 29 heavy (non-hydrogen) atoms. The zero-order valence-corrected chi connectivity index (χ0v) is 16.5. The minimum atomic E-state index is -1.07. The number of nitrogens with two attached hydrogens (primary N) is 1. The summed E-state index contributed by atoms with van der Waals surface area (Å²) in [5.74, 6) is 0.932. The van der Waals surface area contributed by atoms with Gasteiger partial charge in [0.05, 0.1) is 27.9 Å². The molecular weight excluding hydrogens is 376 g/mol. The number of aldehydes is 1. The molecule has 4 N–H and O–H groups in total. The van der Waals surface area contributed by atoms with E-state index in [0.29, 0.717) is 40.3 Å². The summed E-state index contributed by atoms with van der Waals surface area (Å²) in [5, 5.41) is 11.7. The maximum atomic E-state index is 12.1. The number of hydrogen-bond acceptors (Lipinski definition) is 7. The number of ether oxygens (including phenoxy) is 3. The van der Waals surface area contributed by atoms with Crippen LogP contribution in [0.2, 0.25) is 0 Å². The van der Waals surface area contributed by atoms with Crippen molar-refractivity contribution in [3.8, 4) is 17.2 Å². The number of rotatable bonds is 9. The van der Waals surface area contributed by atoms with Gasteiger partial charge in [0.2, 0.25) is 11.7 Å². The Balaban J connectivity index is 2.41. The third-order valence-electron chi connectivity index (χ3n) is 4.15. The first kappa shape index (κ1) is 21.9. The Morgan fingerprint density at radius 2 is 1.72 bits per heavy atom. The van der Waals surface area contributed by atoms with Crippen molar-refractivity contribution in [1.82, 2.24) is 0 Å². The third-order valence-corrected chi connectivity index (χ3v) is 4.15. The van der Waals surface area contributed by atoms with Crippen LogP contribution in [0.5, 0.6) is 17.2 Å². The van der Waals surface area contributed by atoms with Crippen molar-refractivity contribution in [2.75, 3.05) is 33.3 Å². The minimum absolute atomic E-state index is 0.391. The highest BCUT2D eigenvalue weighted by Crippen LogP contribution is 2.38. The molecule has 0 spiro atoms. The molecule has 0 saturated carbocycles. The summed E-state index contributed by atoms with van der Waals surface area (Å²) in [5.41, 5.74) is 7.75. The normalized spacial score (nSPS) is 11.8. The van der Waals surface area contributed by atoms with Gasteiger partial charge in [-0.2, -0.15) is 0 Å². The highest BCUT2D eigenvalue weighted by atomic mass is 16.5. The van der Waals surface area contributed by atoms with Crippen molar-refractivity contribution in [3.05, 3.63) is 47.0 Å². The molecule has 0 saturated heterocycles. The molecule has 0 aliphatic rings. The van der Waals surface area contributed by atoms with E-state index in [4.69, 9.17) is 25.1 Å². The van der Waals surface area contributed by atoms with Crippen LogP contribution in [0.1, 0.15) is 21.5 Å². The molecule has 8 nitrogen and oxygen atoms in total. The van der Waals surface area contributed by atoms with Gasteiger partial charge >= 0.3 is 0 Å². The first-order valence-electron chi connectivity index (χ1n) is 8.72. The van der Waals surface area contributed by atoms with Gasteiger partial charge in [0.25, 0.3) is 0 Å².